The maximum Gasteiger partial charge on any atom is 0.316 e. The van der Waals surface area contributed by atoms with Crippen molar-refractivity contribution in [2.75, 3.05) is 10.6 Å². The second-order valence-electron chi connectivity index (χ2n) is 5.77. The first-order valence-electron chi connectivity index (χ1n) is 8.08. The van der Waals surface area contributed by atoms with Crippen LogP contribution in [0.15, 0.2) is 65.5 Å². The summed E-state index contributed by atoms with van der Waals surface area (Å²) in [5, 5.41) is 9.23. The van der Waals surface area contributed by atoms with Gasteiger partial charge in [-0.25, -0.2) is 9.48 Å². The molecule has 2 aromatic carbocycles. The molecule has 0 saturated heterocycles. The monoisotopic (exact) mass is 363 g/mol. The summed E-state index contributed by atoms with van der Waals surface area (Å²) in [5.41, 5.74) is 6.50. The molecule has 0 aliphatic rings. The molecule has 136 valence electrons. The molecule has 1 aromatic heterocycles. The third-order valence-corrected chi connectivity index (χ3v) is 3.71. The smallest absolute Gasteiger partial charge is 0.316 e. The molecule has 0 atom stereocenters. The average molecular weight is 363 g/mol. The normalized spacial score (nSPS) is 10.3. The third kappa shape index (κ3) is 4.18. The lowest BCUT2D eigenvalue weighted by Gasteiger charge is -2.11. The number of para-hydroxylation sites is 1. The molecule has 0 radical (unpaired) electrons. The van der Waals surface area contributed by atoms with E-state index >= 15 is 0 Å². The number of aromatic nitrogens is 2. The van der Waals surface area contributed by atoms with E-state index in [2.05, 4.69) is 15.7 Å². The lowest BCUT2D eigenvalue weighted by Crippen LogP contribution is -2.27. The summed E-state index contributed by atoms with van der Waals surface area (Å²) < 4.78 is 1.53. The molecule has 3 amide bonds. The molecular weight excluding hydrogens is 346 g/mol. The Labute approximate surface area is 154 Å². The molecule has 8 nitrogen and oxygen atoms in total. The van der Waals surface area contributed by atoms with Gasteiger partial charge in [-0.05, 0) is 37.3 Å². The molecule has 0 fully saturated rings. The highest BCUT2D eigenvalue weighted by atomic mass is 16.2. The summed E-state index contributed by atoms with van der Waals surface area (Å²) in [5.74, 6) is -0.652. The molecule has 0 unspecified atom stereocenters. The number of carbonyl (C=O) groups excluding carboxylic acids is 2. The van der Waals surface area contributed by atoms with Gasteiger partial charge in [-0.3, -0.25) is 9.59 Å². The molecule has 8 heteroatoms. The first-order chi connectivity index (χ1) is 12.9. The van der Waals surface area contributed by atoms with E-state index in [-0.39, 0.29) is 5.69 Å². The van der Waals surface area contributed by atoms with Gasteiger partial charge >= 0.3 is 6.03 Å². The standard InChI is InChI=1S/C19H17N5O3/c1-12-10-16(25)17(23-24(12)15-8-3-2-4-9-15)18(26)21-13-6-5-7-14(11-13)22-19(20)27/h2-11H,1H3,(H,21,26)(H3,20,22,27). The molecule has 0 aliphatic carbocycles. The fourth-order valence-corrected chi connectivity index (χ4v) is 2.54. The number of nitrogens with one attached hydrogen (secondary N) is 2. The number of primary amides is 1. The van der Waals surface area contributed by atoms with E-state index in [0.29, 0.717) is 17.1 Å². The first kappa shape index (κ1) is 17.9. The van der Waals surface area contributed by atoms with Crippen molar-refractivity contribution in [2.45, 2.75) is 6.92 Å². The Bertz CT molecular complexity index is 1060. The number of aryl methyl sites for hydroxylation is 1. The van der Waals surface area contributed by atoms with Crippen LogP contribution in [0, 0.1) is 6.92 Å². The zero-order chi connectivity index (χ0) is 19.4. The van der Waals surface area contributed by atoms with Crippen LogP contribution in [0.5, 0.6) is 0 Å². The van der Waals surface area contributed by atoms with E-state index < -0.39 is 17.4 Å². The van der Waals surface area contributed by atoms with Crippen molar-refractivity contribution in [1.29, 1.82) is 0 Å². The average Bonchev–Trinajstić information content (AvgIpc) is 2.62. The van der Waals surface area contributed by atoms with Gasteiger partial charge in [-0.1, -0.05) is 24.3 Å². The Morgan fingerprint density at radius 1 is 0.963 bits per heavy atom. The zero-order valence-electron chi connectivity index (χ0n) is 14.5. The van der Waals surface area contributed by atoms with Crippen molar-refractivity contribution in [1.82, 2.24) is 9.78 Å². The second-order valence-corrected chi connectivity index (χ2v) is 5.77. The number of amides is 3. The number of rotatable bonds is 4. The Morgan fingerprint density at radius 3 is 2.30 bits per heavy atom. The van der Waals surface area contributed by atoms with E-state index in [9.17, 15) is 14.4 Å². The summed E-state index contributed by atoms with van der Waals surface area (Å²) in [6.07, 6.45) is 0. The van der Waals surface area contributed by atoms with Crippen molar-refractivity contribution in [2.24, 2.45) is 5.73 Å². The zero-order valence-corrected chi connectivity index (χ0v) is 14.5. The number of anilines is 2. The Morgan fingerprint density at radius 2 is 1.63 bits per heavy atom. The fourth-order valence-electron chi connectivity index (χ4n) is 2.54. The van der Waals surface area contributed by atoms with Gasteiger partial charge in [0, 0.05) is 23.1 Å². The highest BCUT2D eigenvalue weighted by molar-refractivity contribution is 6.03. The minimum Gasteiger partial charge on any atom is -0.351 e. The summed E-state index contributed by atoms with van der Waals surface area (Å²) in [7, 11) is 0. The van der Waals surface area contributed by atoms with Gasteiger partial charge < -0.3 is 16.4 Å². The van der Waals surface area contributed by atoms with Gasteiger partial charge in [0.2, 0.25) is 5.43 Å². The van der Waals surface area contributed by atoms with E-state index in [1.807, 2.05) is 30.3 Å². The largest absolute Gasteiger partial charge is 0.351 e. The minimum atomic E-state index is -0.718. The minimum absolute atomic E-state index is 0.238. The van der Waals surface area contributed by atoms with E-state index in [0.717, 1.165) is 5.69 Å². The van der Waals surface area contributed by atoms with Crippen LogP contribution in [0.2, 0.25) is 0 Å². The third-order valence-electron chi connectivity index (χ3n) is 3.71. The Hall–Kier alpha value is -3.94. The molecule has 0 saturated carbocycles. The fraction of sp³-hybridized carbons (Fsp3) is 0.0526. The number of nitrogens with two attached hydrogens (primary N) is 1. The molecule has 0 bridgehead atoms. The maximum absolute atomic E-state index is 12.6. The van der Waals surface area contributed by atoms with Crippen molar-refractivity contribution < 1.29 is 9.59 Å². The quantitative estimate of drug-likeness (QED) is 0.659. The number of benzene rings is 2. The molecule has 3 aromatic rings. The number of hydrogen-bond donors (Lipinski definition) is 3. The highest BCUT2D eigenvalue weighted by Gasteiger charge is 2.15. The molecular formula is C19H17N5O3. The molecule has 1 heterocycles. The predicted molar refractivity (Wildman–Crippen MR) is 102 cm³/mol. The lowest BCUT2D eigenvalue weighted by atomic mass is 10.2. The molecule has 4 N–H and O–H groups in total. The molecule has 0 spiro atoms. The highest BCUT2D eigenvalue weighted by Crippen LogP contribution is 2.15. The Balaban J connectivity index is 1.91. The van der Waals surface area contributed by atoms with Crippen molar-refractivity contribution >= 4 is 23.3 Å². The van der Waals surface area contributed by atoms with Crippen molar-refractivity contribution in [3.8, 4) is 5.69 Å². The topological polar surface area (TPSA) is 119 Å². The Kier molecular flexibility index (Phi) is 4.98. The summed E-state index contributed by atoms with van der Waals surface area (Å²) >= 11 is 0. The van der Waals surface area contributed by atoms with Crippen LogP contribution in [0.3, 0.4) is 0 Å². The molecule has 0 aliphatic heterocycles. The number of urea groups is 1. The molecule has 3 rings (SSSR count). The van der Waals surface area contributed by atoms with Crippen LogP contribution in [-0.4, -0.2) is 21.7 Å². The lowest BCUT2D eigenvalue weighted by molar-refractivity contribution is 0.101. The number of carbonyl (C=O) groups is 2. The van der Waals surface area contributed by atoms with Gasteiger partial charge in [0.25, 0.3) is 5.91 Å². The van der Waals surface area contributed by atoms with Crippen LogP contribution >= 0.6 is 0 Å². The van der Waals surface area contributed by atoms with Gasteiger partial charge in [0.15, 0.2) is 5.69 Å². The maximum atomic E-state index is 12.6. The summed E-state index contributed by atoms with van der Waals surface area (Å²) in [6.45, 7) is 1.74. The predicted octanol–water partition coefficient (Wildman–Crippen LogP) is 2.28. The molecule has 27 heavy (non-hydrogen) atoms. The van der Waals surface area contributed by atoms with E-state index in [4.69, 9.17) is 5.73 Å². The van der Waals surface area contributed by atoms with E-state index in [1.165, 1.54) is 16.8 Å². The first-order valence-corrected chi connectivity index (χ1v) is 8.08. The SMILES string of the molecule is Cc1cc(=O)c(C(=O)Nc2cccc(NC(N)=O)c2)nn1-c1ccccc1. The van der Waals surface area contributed by atoms with Gasteiger partial charge in [0.05, 0.1) is 5.69 Å². The van der Waals surface area contributed by atoms with Gasteiger partial charge in [-0.15, -0.1) is 0 Å². The van der Waals surface area contributed by atoms with E-state index in [1.54, 1.807) is 25.1 Å². The van der Waals surface area contributed by atoms with Crippen molar-refractivity contribution in [3.63, 3.8) is 0 Å². The number of hydrogen-bond acceptors (Lipinski definition) is 4. The van der Waals surface area contributed by atoms with Crippen LogP contribution in [0.4, 0.5) is 16.2 Å². The van der Waals surface area contributed by atoms with Crippen LogP contribution in [0.1, 0.15) is 16.2 Å². The van der Waals surface area contributed by atoms with Crippen LogP contribution in [0.25, 0.3) is 5.69 Å². The van der Waals surface area contributed by atoms with Crippen molar-refractivity contribution in [3.05, 3.63) is 82.3 Å². The van der Waals surface area contributed by atoms with Crippen LogP contribution < -0.4 is 21.8 Å². The summed E-state index contributed by atoms with van der Waals surface area (Å²) in [4.78, 5) is 35.8. The van der Waals surface area contributed by atoms with Crippen LogP contribution in [-0.2, 0) is 0 Å². The summed E-state index contributed by atoms with van der Waals surface area (Å²) in [6, 6.07) is 16.2. The van der Waals surface area contributed by atoms with Gasteiger partial charge in [0.1, 0.15) is 0 Å². The number of nitrogens with zero attached hydrogens (tertiary/aromatic N) is 2. The second kappa shape index (κ2) is 7.52. The van der Waals surface area contributed by atoms with Gasteiger partial charge in [-0.2, -0.15) is 5.10 Å².